The summed E-state index contributed by atoms with van der Waals surface area (Å²) in [6, 6.07) is 10.7. The van der Waals surface area contributed by atoms with Gasteiger partial charge in [-0.25, -0.2) is 16.8 Å². The molecule has 0 saturated carbocycles. The second kappa shape index (κ2) is 10.9. The number of rotatable bonds is 5. The Hall–Kier alpha value is -1.51. The number of thiocarbonyl (C=S) groups is 1. The van der Waals surface area contributed by atoms with Crippen LogP contribution in [0.15, 0.2) is 52.3 Å². The minimum Gasteiger partial charge on any atom is -0.379 e. The minimum absolute atomic E-state index is 0.0204. The average molecular weight is 580 g/mol. The molecule has 4 rings (SSSR count). The molecule has 2 saturated heterocycles. The number of morpholine rings is 1. The van der Waals surface area contributed by atoms with Crippen LogP contribution in [0, 0.1) is 0 Å². The first-order valence-corrected chi connectivity index (χ1v) is 14.8. The summed E-state index contributed by atoms with van der Waals surface area (Å²) in [6.45, 7) is 2.64. The quantitative estimate of drug-likeness (QED) is 0.541. The molecule has 2 aliphatic heterocycles. The molecule has 0 aromatic heterocycles. The van der Waals surface area contributed by atoms with E-state index in [4.69, 9.17) is 40.2 Å². The van der Waals surface area contributed by atoms with Crippen LogP contribution >= 0.6 is 35.4 Å². The van der Waals surface area contributed by atoms with Crippen molar-refractivity contribution in [2.24, 2.45) is 0 Å². The molecule has 0 bridgehead atoms. The van der Waals surface area contributed by atoms with Gasteiger partial charge in [0.05, 0.1) is 23.1 Å². The summed E-state index contributed by atoms with van der Waals surface area (Å²) < 4.78 is 59.6. The molecule has 0 atom stereocenters. The Morgan fingerprint density at radius 3 is 2.06 bits per heavy atom. The highest BCUT2D eigenvalue weighted by Gasteiger charge is 2.31. The number of piperazine rings is 1. The van der Waals surface area contributed by atoms with E-state index < -0.39 is 20.0 Å². The van der Waals surface area contributed by atoms with Crippen LogP contribution in [-0.4, -0.2) is 87.9 Å². The van der Waals surface area contributed by atoms with E-state index in [-0.39, 0.29) is 27.9 Å². The molecule has 35 heavy (non-hydrogen) atoms. The van der Waals surface area contributed by atoms with Crippen LogP contribution in [0.4, 0.5) is 5.69 Å². The molecule has 0 amide bonds. The highest BCUT2D eigenvalue weighted by Crippen LogP contribution is 2.28. The van der Waals surface area contributed by atoms with Crippen LogP contribution in [0.2, 0.25) is 10.0 Å². The summed E-state index contributed by atoms with van der Waals surface area (Å²) in [7, 11) is -7.37. The third kappa shape index (κ3) is 5.91. The first-order chi connectivity index (χ1) is 16.6. The molecule has 0 spiro atoms. The lowest BCUT2D eigenvalue weighted by atomic mass is 10.3. The topological polar surface area (TPSA) is 99.3 Å². The molecule has 2 aliphatic rings. The Bertz CT molecular complexity index is 1290. The lowest BCUT2D eigenvalue weighted by Gasteiger charge is -2.35. The van der Waals surface area contributed by atoms with Crippen molar-refractivity contribution in [2.75, 3.05) is 57.8 Å². The van der Waals surface area contributed by atoms with Crippen LogP contribution in [0.3, 0.4) is 0 Å². The first-order valence-electron chi connectivity index (χ1n) is 10.8. The second-order valence-electron chi connectivity index (χ2n) is 7.94. The van der Waals surface area contributed by atoms with E-state index >= 15 is 0 Å². The van der Waals surface area contributed by atoms with Gasteiger partial charge in [-0.2, -0.15) is 8.61 Å². The Morgan fingerprint density at radius 1 is 0.829 bits per heavy atom. The maximum Gasteiger partial charge on any atom is 0.244 e. The summed E-state index contributed by atoms with van der Waals surface area (Å²) in [6.07, 6.45) is 0. The first kappa shape index (κ1) is 26.6. The summed E-state index contributed by atoms with van der Waals surface area (Å²) in [4.78, 5) is 2.04. The van der Waals surface area contributed by atoms with Gasteiger partial charge >= 0.3 is 0 Å². The van der Waals surface area contributed by atoms with Crippen LogP contribution in [-0.2, 0) is 24.8 Å². The van der Waals surface area contributed by atoms with Crippen molar-refractivity contribution in [1.82, 2.24) is 13.5 Å². The van der Waals surface area contributed by atoms with E-state index in [2.05, 4.69) is 5.32 Å². The summed E-state index contributed by atoms with van der Waals surface area (Å²) >= 11 is 17.6. The molecule has 2 heterocycles. The predicted molar refractivity (Wildman–Crippen MR) is 139 cm³/mol. The van der Waals surface area contributed by atoms with Crippen molar-refractivity contribution in [3.63, 3.8) is 0 Å². The number of anilines is 1. The molecule has 0 radical (unpaired) electrons. The van der Waals surface area contributed by atoms with Crippen molar-refractivity contribution < 1.29 is 21.6 Å². The fourth-order valence-corrected chi connectivity index (χ4v) is 7.66. The number of ether oxygens (including phenoxy) is 1. The van der Waals surface area contributed by atoms with Gasteiger partial charge in [0, 0.05) is 50.0 Å². The molecule has 190 valence electrons. The van der Waals surface area contributed by atoms with Crippen molar-refractivity contribution in [3.05, 3.63) is 52.5 Å². The van der Waals surface area contributed by atoms with E-state index in [1.165, 1.54) is 38.9 Å². The fourth-order valence-electron chi connectivity index (χ4n) is 3.79. The lowest BCUT2D eigenvalue weighted by molar-refractivity contribution is 0.0730. The van der Waals surface area contributed by atoms with Crippen LogP contribution in [0.1, 0.15) is 0 Å². The molecule has 0 aliphatic carbocycles. The van der Waals surface area contributed by atoms with E-state index in [1.54, 1.807) is 12.1 Å². The largest absolute Gasteiger partial charge is 0.379 e. The number of sulfonamides is 2. The molecule has 0 unspecified atom stereocenters. The number of hydrogen-bond donors (Lipinski definition) is 1. The smallest absolute Gasteiger partial charge is 0.244 e. The van der Waals surface area contributed by atoms with Gasteiger partial charge in [-0.05, 0) is 54.7 Å². The molecular weight excluding hydrogens is 555 g/mol. The zero-order valence-electron chi connectivity index (χ0n) is 18.6. The SMILES string of the molecule is O=S(=O)(c1ccc(NC(=S)N2CCN(S(=O)(=O)c3cc(Cl)ccc3Cl)CC2)cc1)N1CCOCC1. The van der Waals surface area contributed by atoms with Gasteiger partial charge in [0.2, 0.25) is 20.0 Å². The van der Waals surface area contributed by atoms with Gasteiger partial charge in [0.1, 0.15) is 4.90 Å². The average Bonchev–Trinajstić information content (AvgIpc) is 2.86. The number of nitrogens with zero attached hydrogens (tertiary/aromatic N) is 3. The second-order valence-corrected chi connectivity index (χ2v) is 13.0. The molecule has 2 fully saturated rings. The summed E-state index contributed by atoms with van der Waals surface area (Å²) in [5.41, 5.74) is 0.636. The molecular formula is C21H24Cl2N4O5S3. The Morgan fingerprint density at radius 2 is 1.43 bits per heavy atom. The molecule has 14 heteroatoms. The standard InChI is InChI=1S/C21H24Cl2N4O5S3/c22-16-1-6-19(23)20(15-16)35(30,31)26-9-7-25(8-10-26)21(33)24-17-2-4-18(5-3-17)34(28,29)27-11-13-32-14-12-27/h1-6,15H,7-14H2,(H,24,33). The van der Waals surface area contributed by atoms with E-state index in [0.717, 1.165) is 0 Å². The van der Waals surface area contributed by atoms with Gasteiger partial charge in [0.25, 0.3) is 0 Å². The van der Waals surface area contributed by atoms with Crippen LogP contribution in [0.25, 0.3) is 0 Å². The lowest BCUT2D eigenvalue weighted by Crippen LogP contribution is -2.51. The fraction of sp³-hybridized carbons (Fsp3) is 0.381. The number of nitrogens with one attached hydrogen (secondary N) is 1. The van der Waals surface area contributed by atoms with Crippen LogP contribution < -0.4 is 5.32 Å². The Kier molecular flexibility index (Phi) is 8.23. The highest BCUT2D eigenvalue weighted by molar-refractivity contribution is 7.89. The molecule has 9 nitrogen and oxygen atoms in total. The van der Waals surface area contributed by atoms with Crippen molar-refractivity contribution in [3.8, 4) is 0 Å². The third-order valence-electron chi connectivity index (χ3n) is 5.75. The zero-order chi connectivity index (χ0) is 25.2. The summed E-state index contributed by atoms with van der Waals surface area (Å²) in [5.74, 6) is 0. The van der Waals surface area contributed by atoms with Crippen molar-refractivity contribution in [1.29, 1.82) is 0 Å². The van der Waals surface area contributed by atoms with Crippen LogP contribution in [0.5, 0.6) is 0 Å². The van der Waals surface area contributed by atoms with Crippen molar-refractivity contribution in [2.45, 2.75) is 9.79 Å². The van der Waals surface area contributed by atoms with Gasteiger partial charge in [-0.15, -0.1) is 0 Å². The zero-order valence-corrected chi connectivity index (χ0v) is 22.5. The predicted octanol–water partition coefficient (Wildman–Crippen LogP) is 2.72. The Labute approximate surface area is 220 Å². The summed E-state index contributed by atoms with van der Waals surface area (Å²) in [5, 5.41) is 3.93. The number of hydrogen-bond acceptors (Lipinski definition) is 6. The van der Waals surface area contributed by atoms with Gasteiger partial charge in [0.15, 0.2) is 5.11 Å². The van der Waals surface area contributed by atoms with E-state index in [9.17, 15) is 16.8 Å². The monoisotopic (exact) mass is 578 g/mol. The number of benzene rings is 2. The van der Waals surface area contributed by atoms with Gasteiger partial charge < -0.3 is 15.0 Å². The Balaban J connectivity index is 1.36. The van der Waals surface area contributed by atoms with Crippen molar-refractivity contribution >= 4 is 66.3 Å². The highest BCUT2D eigenvalue weighted by atomic mass is 35.5. The molecule has 2 aromatic carbocycles. The number of halogens is 2. The van der Waals surface area contributed by atoms with E-state index in [0.29, 0.717) is 55.2 Å². The maximum absolute atomic E-state index is 13.0. The van der Waals surface area contributed by atoms with E-state index in [1.807, 2.05) is 4.90 Å². The molecule has 2 aromatic rings. The maximum atomic E-state index is 13.0. The molecule has 1 N–H and O–H groups in total. The van der Waals surface area contributed by atoms with Gasteiger partial charge in [-0.1, -0.05) is 23.2 Å². The normalized spacial score (nSPS) is 18.4. The van der Waals surface area contributed by atoms with Gasteiger partial charge in [-0.3, -0.25) is 0 Å². The third-order valence-corrected chi connectivity index (χ3v) is 10.6. The minimum atomic E-state index is -3.79.